The molecule has 138 valence electrons. The number of thiazole rings is 1. The van der Waals surface area contributed by atoms with Gasteiger partial charge < -0.3 is 19.9 Å². The molecule has 1 N–H and O–H groups in total. The maximum absolute atomic E-state index is 12.7. The van der Waals surface area contributed by atoms with Crippen molar-refractivity contribution in [1.29, 1.82) is 0 Å². The predicted octanol–water partition coefficient (Wildman–Crippen LogP) is 1.42. The SMILES string of the molecule is Cc1ncsc1CCNC(=O)C[C@H]1COCCN1C(=O)N1CCCC1. The summed E-state index contributed by atoms with van der Waals surface area (Å²) in [6, 6.07) is -0.120. The summed E-state index contributed by atoms with van der Waals surface area (Å²) < 4.78 is 5.51. The smallest absolute Gasteiger partial charge is 0.320 e. The molecule has 0 spiro atoms. The van der Waals surface area contributed by atoms with E-state index in [0.717, 1.165) is 38.0 Å². The van der Waals surface area contributed by atoms with Crippen molar-refractivity contribution in [1.82, 2.24) is 20.1 Å². The molecule has 0 aromatic carbocycles. The lowest BCUT2D eigenvalue weighted by atomic mass is 10.1. The van der Waals surface area contributed by atoms with Gasteiger partial charge in [0.05, 0.1) is 30.5 Å². The van der Waals surface area contributed by atoms with E-state index in [1.54, 1.807) is 11.3 Å². The van der Waals surface area contributed by atoms with Crippen LogP contribution in [0, 0.1) is 6.92 Å². The van der Waals surface area contributed by atoms with E-state index >= 15 is 0 Å². The second kappa shape index (κ2) is 8.62. The molecule has 1 atom stereocenters. The first kappa shape index (κ1) is 18.1. The molecular weight excluding hydrogens is 340 g/mol. The topological polar surface area (TPSA) is 74.8 Å². The first-order valence-corrected chi connectivity index (χ1v) is 9.82. The van der Waals surface area contributed by atoms with E-state index in [2.05, 4.69) is 10.3 Å². The summed E-state index contributed by atoms with van der Waals surface area (Å²) in [6.45, 7) is 5.76. The Morgan fingerprint density at radius 2 is 2.16 bits per heavy atom. The number of likely N-dealkylation sites (tertiary alicyclic amines) is 1. The predicted molar refractivity (Wildman–Crippen MR) is 95.7 cm³/mol. The lowest BCUT2D eigenvalue weighted by molar-refractivity contribution is -0.123. The Labute approximate surface area is 152 Å². The van der Waals surface area contributed by atoms with Gasteiger partial charge in [-0.3, -0.25) is 4.79 Å². The minimum absolute atomic E-state index is 0.0307. The average Bonchev–Trinajstić information content (AvgIpc) is 3.27. The molecule has 2 aliphatic rings. The lowest BCUT2D eigenvalue weighted by Crippen LogP contribution is -2.54. The van der Waals surface area contributed by atoms with Crippen LogP contribution in [0.1, 0.15) is 29.8 Å². The fourth-order valence-electron chi connectivity index (χ4n) is 3.33. The minimum Gasteiger partial charge on any atom is -0.377 e. The van der Waals surface area contributed by atoms with Gasteiger partial charge in [0.25, 0.3) is 0 Å². The molecule has 0 saturated carbocycles. The first-order valence-electron chi connectivity index (χ1n) is 8.94. The molecule has 2 aliphatic heterocycles. The summed E-state index contributed by atoms with van der Waals surface area (Å²) >= 11 is 1.61. The van der Waals surface area contributed by atoms with Gasteiger partial charge >= 0.3 is 6.03 Å². The van der Waals surface area contributed by atoms with Gasteiger partial charge in [0.2, 0.25) is 5.91 Å². The molecule has 7 nitrogen and oxygen atoms in total. The summed E-state index contributed by atoms with van der Waals surface area (Å²) in [6.07, 6.45) is 3.22. The van der Waals surface area contributed by atoms with Gasteiger partial charge in [0.1, 0.15) is 0 Å². The summed E-state index contributed by atoms with van der Waals surface area (Å²) in [5.74, 6) is -0.0307. The maximum Gasteiger partial charge on any atom is 0.320 e. The molecule has 3 rings (SSSR count). The third kappa shape index (κ3) is 4.70. The summed E-state index contributed by atoms with van der Waals surface area (Å²) in [5.41, 5.74) is 2.86. The standard InChI is InChI=1S/C17H26N4O3S/c1-13-15(25-12-19-13)4-5-18-16(22)10-14-11-24-9-8-21(14)17(23)20-6-2-3-7-20/h12,14H,2-11H2,1H3,(H,18,22)/t14-/m0/s1. The van der Waals surface area contributed by atoms with Crippen LogP contribution in [-0.4, -0.2) is 72.2 Å². The zero-order valence-corrected chi connectivity index (χ0v) is 15.5. The zero-order valence-electron chi connectivity index (χ0n) is 14.7. The van der Waals surface area contributed by atoms with Gasteiger partial charge in [-0.25, -0.2) is 9.78 Å². The van der Waals surface area contributed by atoms with E-state index in [4.69, 9.17) is 4.74 Å². The zero-order chi connectivity index (χ0) is 17.6. The highest BCUT2D eigenvalue weighted by molar-refractivity contribution is 7.09. The normalized spacial score (nSPS) is 20.8. The van der Waals surface area contributed by atoms with E-state index in [9.17, 15) is 9.59 Å². The number of aromatic nitrogens is 1. The fourth-order valence-corrected chi connectivity index (χ4v) is 4.11. The van der Waals surface area contributed by atoms with Crippen LogP contribution >= 0.6 is 11.3 Å². The third-order valence-corrected chi connectivity index (χ3v) is 5.78. The second-order valence-electron chi connectivity index (χ2n) is 6.56. The number of amides is 3. The number of urea groups is 1. The van der Waals surface area contributed by atoms with Crippen LogP contribution in [0.25, 0.3) is 0 Å². The van der Waals surface area contributed by atoms with E-state index in [1.165, 1.54) is 4.88 Å². The molecule has 0 bridgehead atoms. The van der Waals surface area contributed by atoms with E-state index in [0.29, 0.717) is 32.7 Å². The average molecular weight is 366 g/mol. The van der Waals surface area contributed by atoms with Gasteiger partial charge in [-0.15, -0.1) is 11.3 Å². The summed E-state index contributed by atoms with van der Waals surface area (Å²) in [5, 5.41) is 2.96. The number of carbonyl (C=O) groups is 2. The molecule has 3 heterocycles. The van der Waals surface area contributed by atoms with Gasteiger partial charge in [-0.1, -0.05) is 0 Å². The van der Waals surface area contributed by atoms with Crippen molar-refractivity contribution in [2.75, 3.05) is 39.4 Å². The van der Waals surface area contributed by atoms with Crippen LogP contribution in [0.15, 0.2) is 5.51 Å². The van der Waals surface area contributed by atoms with Gasteiger partial charge in [0, 0.05) is 43.9 Å². The van der Waals surface area contributed by atoms with Crippen LogP contribution in [-0.2, 0) is 16.0 Å². The summed E-state index contributed by atoms with van der Waals surface area (Å²) in [7, 11) is 0. The molecule has 1 aromatic heterocycles. The largest absolute Gasteiger partial charge is 0.377 e. The van der Waals surface area contributed by atoms with Crippen molar-refractivity contribution in [2.45, 2.75) is 38.6 Å². The Bertz CT molecular complexity index is 600. The molecule has 2 saturated heterocycles. The van der Waals surface area contributed by atoms with Gasteiger partial charge in [-0.05, 0) is 19.8 Å². The molecule has 2 fully saturated rings. The number of rotatable bonds is 5. The molecule has 0 radical (unpaired) electrons. The Kier molecular flexibility index (Phi) is 6.25. The number of ether oxygens (including phenoxy) is 1. The molecular formula is C17H26N4O3S. The first-order chi connectivity index (χ1) is 12.1. The second-order valence-corrected chi connectivity index (χ2v) is 7.50. The van der Waals surface area contributed by atoms with Gasteiger partial charge in [0.15, 0.2) is 0 Å². The van der Waals surface area contributed by atoms with E-state index in [1.807, 2.05) is 22.2 Å². The molecule has 3 amide bonds. The molecule has 25 heavy (non-hydrogen) atoms. The monoisotopic (exact) mass is 366 g/mol. The van der Waals surface area contributed by atoms with Crippen molar-refractivity contribution in [3.8, 4) is 0 Å². The Hall–Kier alpha value is -1.67. The van der Waals surface area contributed by atoms with Crippen molar-refractivity contribution < 1.29 is 14.3 Å². The molecule has 1 aromatic rings. The Morgan fingerprint density at radius 3 is 2.88 bits per heavy atom. The highest BCUT2D eigenvalue weighted by Gasteiger charge is 2.32. The Balaban J connectivity index is 1.48. The number of hydrogen-bond acceptors (Lipinski definition) is 5. The van der Waals surface area contributed by atoms with E-state index in [-0.39, 0.29) is 18.0 Å². The van der Waals surface area contributed by atoms with Crippen molar-refractivity contribution in [2.24, 2.45) is 0 Å². The third-order valence-electron chi connectivity index (χ3n) is 4.79. The fraction of sp³-hybridized carbons (Fsp3) is 0.706. The van der Waals surface area contributed by atoms with Crippen molar-refractivity contribution in [3.63, 3.8) is 0 Å². The van der Waals surface area contributed by atoms with Crippen LogP contribution in [0.5, 0.6) is 0 Å². The maximum atomic E-state index is 12.7. The van der Waals surface area contributed by atoms with Crippen molar-refractivity contribution in [3.05, 3.63) is 16.1 Å². The molecule has 0 unspecified atom stereocenters. The number of aryl methyl sites for hydroxylation is 1. The lowest BCUT2D eigenvalue weighted by Gasteiger charge is -2.37. The highest BCUT2D eigenvalue weighted by Crippen LogP contribution is 2.17. The number of nitrogens with zero attached hydrogens (tertiary/aromatic N) is 3. The van der Waals surface area contributed by atoms with Gasteiger partial charge in [-0.2, -0.15) is 0 Å². The number of carbonyl (C=O) groups excluding carboxylic acids is 2. The Morgan fingerprint density at radius 1 is 1.36 bits per heavy atom. The van der Waals surface area contributed by atoms with E-state index < -0.39 is 0 Å². The minimum atomic E-state index is -0.174. The van der Waals surface area contributed by atoms with Crippen LogP contribution < -0.4 is 5.32 Å². The number of hydrogen-bond donors (Lipinski definition) is 1. The van der Waals surface area contributed by atoms with Crippen LogP contribution in [0.4, 0.5) is 4.79 Å². The van der Waals surface area contributed by atoms with Crippen LogP contribution in [0.2, 0.25) is 0 Å². The molecule has 0 aliphatic carbocycles. The highest BCUT2D eigenvalue weighted by atomic mass is 32.1. The number of morpholine rings is 1. The molecule has 8 heteroatoms. The van der Waals surface area contributed by atoms with Crippen LogP contribution in [0.3, 0.4) is 0 Å². The quantitative estimate of drug-likeness (QED) is 0.855. The van der Waals surface area contributed by atoms with Crippen molar-refractivity contribution >= 4 is 23.3 Å². The summed E-state index contributed by atoms with van der Waals surface area (Å²) in [4.78, 5) is 34.1. The number of nitrogens with one attached hydrogen (secondary N) is 1.